The Hall–Kier alpha value is -4.53. The first-order valence-electron chi connectivity index (χ1n) is 11.8. The smallest absolute Gasteiger partial charge is 0.262 e. The van der Waals surface area contributed by atoms with Gasteiger partial charge in [-0.05, 0) is 66.2 Å². The molecule has 192 valence electrons. The predicted octanol–water partition coefficient (Wildman–Crippen LogP) is 3.39. The number of carbonyl (C=O) groups is 3. The molecule has 0 radical (unpaired) electrons. The standard InChI is InChI=1S/C28H29N3O6/c1-35-23-9-3-19(4-10-23)16-29-28(34)20-15-27(33)31(17-20)22-7-13-25(14-8-22)37-18-26(32)30-21-5-11-24(36-2)12-6-21/h3-14,20H,15-18H2,1-2H3,(H,29,34)(H,30,32)/t20-/m0/s1. The Bertz CT molecular complexity index is 1230. The summed E-state index contributed by atoms with van der Waals surface area (Å²) in [5, 5.41) is 5.66. The molecular formula is C28H29N3O6. The largest absolute Gasteiger partial charge is 0.497 e. The summed E-state index contributed by atoms with van der Waals surface area (Å²) in [5.41, 5.74) is 2.26. The molecule has 1 saturated heterocycles. The summed E-state index contributed by atoms with van der Waals surface area (Å²) in [6.07, 6.45) is 0.151. The van der Waals surface area contributed by atoms with Gasteiger partial charge >= 0.3 is 0 Å². The Morgan fingerprint density at radius 2 is 1.46 bits per heavy atom. The zero-order chi connectivity index (χ0) is 26.2. The highest BCUT2D eigenvalue weighted by Gasteiger charge is 2.35. The highest BCUT2D eigenvalue weighted by Crippen LogP contribution is 2.27. The van der Waals surface area contributed by atoms with Crippen molar-refractivity contribution in [2.24, 2.45) is 5.92 Å². The molecule has 9 nitrogen and oxygen atoms in total. The van der Waals surface area contributed by atoms with Crippen LogP contribution in [0.25, 0.3) is 0 Å². The molecule has 0 bridgehead atoms. The number of amides is 3. The third-order valence-electron chi connectivity index (χ3n) is 6.01. The summed E-state index contributed by atoms with van der Waals surface area (Å²) in [4.78, 5) is 39.0. The molecule has 4 rings (SSSR count). The van der Waals surface area contributed by atoms with Crippen molar-refractivity contribution >= 4 is 29.1 Å². The molecule has 3 aromatic carbocycles. The lowest BCUT2D eigenvalue weighted by Gasteiger charge is -2.17. The van der Waals surface area contributed by atoms with Gasteiger partial charge in [0, 0.05) is 30.9 Å². The van der Waals surface area contributed by atoms with Crippen molar-refractivity contribution in [2.45, 2.75) is 13.0 Å². The first-order chi connectivity index (χ1) is 17.9. The number of carbonyl (C=O) groups excluding carboxylic acids is 3. The van der Waals surface area contributed by atoms with Gasteiger partial charge in [0.1, 0.15) is 17.2 Å². The number of methoxy groups -OCH3 is 2. The highest BCUT2D eigenvalue weighted by atomic mass is 16.5. The normalized spacial score (nSPS) is 14.7. The van der Waals surface area contributed by atoms with E-state index < -0.39 is 5.92 Å². The number of anilines is 2. The van der Waals surface area contributed by atoms with E-state index in [0.717, 1.165) is 11.3 Å². The van der Waals surface area contributed by atoms with E-state index in [9.17, 15) is 14.4 Å². The fraction of sp³-hybridized carbons (Fsp3) is 0.250. The van der Waals surface area contributed by atoms with Gasteiger partial charge in [0.05, 0.1) is 20.1 Å². The van der Waals surface area contributed by atoms with E-state index in [1.54, 1.807) is 67.7 Å². The molecule has 9 heteroatoms. The van der Waals surface area contributed by atoms with Crippen molar-refractivity contribution in [2.75, 3.05) is 37.6 Å². The van der Waals surface area contributed by atoms with Gasteiger partial charge in [-0.15, -0.1) is 0 Å². The Morgan fingerprint density at radius 3 is 2.08 bits per heavy atom. The fourth-order valence-electron chi connectivity index (χ4n) is 3.95. The molecule has 0 saturated carbocycles. The summed E-state index contributed by atoms with van der Waals surface area (Å²) in [6, 6.07) is 21.3. The topological polar surface area (TPSA) is 106 Å². The SMILES string of the molecule is COc1ccc(CNC(=O)[C@H]2CC(=O)N(c3ccc(OCC(=O)Nc4ccc(OC)cc4)cc3)C2)cc1. The Balaban J connectivity index is 1.25. The van der Waals surface area contributed by atoms with E-state index in [0.29, 0.717) is 36.0 Å². The van der Waals surface area contributed by atoms with Crippen LogP contribution in [0.2, 0.25) is 0 Å². The van der Waals surface area contributed by atoms with Crippen LogP contribution in [0.5, 0.6) is 17.2 Å². The maximum Gasteiger partial charge on any atom is 0.262 e. The summed E-state index contributed by atoms with van der Waals surface area (Å²) in [5.74, 6) is 0.947. The number of hydrogen-bond acceptors (Lipinski definition) is 6. The second-order valence-corrected chi connectivity index (χ2v) is 8.53. The number of nitrogens with one attached hydrogen (secondary N) is 2. The molecule has 0 aliphatic carbocycles. The van der Waals surface area contributed by atoms with Crippen LogP contribution in [0.1, 0.15) is 12.0 Å². The summed E-state index contributed by atoms with van der Waals surface area (Å²) in [6.45, 7) is 0.522. The van der Waals surface area contributed by atoms with Gasteiger partial charge in [-0.3, -0.25) is 14.4 Å². The average Bonchev–Trinajstić information content (AvgIpc) is 3.33. The quantitative estimate of drug-likeness (QED) is 0.439. The van der Waals surface area contributed by atoms with Gasteiger partial charge in [-0.25, -0.2) is 0 Å². The van der Waals surface area contributed by atoms with Crippen molar-refractivity contribution in [1.82, 2.24) is 5.32 Å². The van der Waals surface area contributed by atoms with Gasteiger partial charge in [0.15, 0.2) is 6.61 Å². The lowest BCUT2D eigenvalue weighted by atomic mass is 10.1. The summed E-state index contributed by atoms with van der Waals surface area (Å²) in [7, 11) is 3.18. The third kappa shape index (κ3) is 6.78. The van der Waals surface area contributed by atoms with Gasteiger partial charge in [-0.2, -0.15) is 0 Å². The molecule has 1 aliphatic heterocycles. The lowest BCUT2D eigenvalue weighted by Crippen LogP contribution is -2.32. The second-order valence-electron chi connectivity index (χ2n) is 8.53. The molecule has 3 amide bonds. The van der Waals surface area contributed by atoms with Crippen molar-refractivity contribution in [1.29, 1.82) is 0 Å². The fourth-order valence-corrected chi connectivity index (χ4v) is 3.95. The molecule has 1 aliphatic rings. The zero-order valence-electron chi connectivity index (χ0n) is 20.7. The van der Waals surface area contributed by atoms with E-state index in [1.165, 1.54) is 0 Å². The molecule has 0 aromatic heterocycles. The second kappa shape index (κ2) is 11.9. The van der Waals surface area contributed by atoms with Crippen LogP contribution in [0.3, 0.4) is 0 Å². The highest BCUT2D eigenvalue weighted by molar-refractivity contribution is 6.00. The van der Waals surface area contributed by atoms with E-state index in [-0.39, 0.29) is 30.7 Å². The van der Waals surface area contributed by atoms with Crippen LogP contribution in [-0.4, -0.2) is 45.1 Å². The molecule has 1 atom stereocenters. The average molecular weight is 504 g/mol. The Kier molecular flexibility index (Phi) is 8.25. The molecule has 0 spiro atoms. The van der Waals surface area contributed by atoms with Gasteiger partial charge in [-0.1, -0.05) is 12.1 Å². The molecule has 0 unspecified atom stereocenters. The van der Waals surface area contributed by atoms with Crippen molar-refractivity contribution in [3.8, 4) is 17.2 Å². The predicted molar refractivity (Wildman–Crippen MR) is 139 cm³/mol. The minimum absolute atomic E-state index is 0.114. The van der Waals surface area contributed by atoms with Crippen molar-refractivity contribution in [3.63, 3.8) is 0 Å². The minimum Gasteiger partial charge on any atom is -0.497 e. The van der Waals surface area contributed by atoms with Crippen LogP contribution in [0, 0.1) is 5.92 Å². The van der Waals surface area contributed by atoms with Gasteiger partial charge in [0.25, 0.3) is 5.91 Å². The zero-order valence-corrected chi connectivity index (χ0v) is 20.7. The van der Waals surface area contributed by atoms with Crippen LogP contribution in [0.4, 0.5) is 11.4 Å². The Labute approximate surface area is 215 Å². The summed E-state index contributed by atoms with van der Waals surface area (Å²) >= 11 is 0. The monoisotopic (exact) mass is 503 g/mol. The maximum atomic E-state index is 12.7. The molecular weight excluding hydrogens is 474 g/mol. The first kappa shape index (κ1) is 25.6. The van der Waals surface area contributed by atoms with Crippen LogP contribution < -0.4 is 29.7 Å². The van der Waals surface area contributed by atoms with Crippen LogP contribution in [0.15, 0.2) is 72.8 Å². The number of hydrogen-bond donors (Lipinski definition) is 2. The first-order valence-corrected chi connectivity index (χ1v) is 11.8. The van der Waals surface area contributed by atoms with Gasteiger partial charge in [0.2, 0.25) is 11.8 Å². The lowest BCUT2D eigenvalue weighted by molar-refractivity contribution is -0.126. The number of rotatable bonds is 10. The van der Waals surface area contributed by atoms with E-state index in [2.05, 4.69) is 10.6 Å². The van der Waals surface area contributed by atoms with E-state index in [1.807, 2.05) is 24.3 Å². The number of benzene rings is 3. The van der Waals surface area contributed by atoms with Crippen LogP contribution >= 0.6 is 0 Å². The summed E-state index contributed by atoms with van der Waals surface area (Å²) < 4.78 is 15.8. The Morgan fingerprint density at radius 1 is 0.865 bits per heavy atom. The third-order valence-corrected chi connectivity index (χ3v) is 6.01. The number of ether oxygens (including phenoxy) is 3. The van der Waals surface area contributed by atoms with E-state index in [4.69, 9.17) is 14.2 Å². The number of nitrogens with zero attached hydrogens (tertiary/aromatic N) is 1. The maximum absolute atomic E-state index is 12.7. The molecule has 1 fully saturated rings. The molecule has 37 heavy (non-hydrogen) atoms. The van der Waals surface area contributed by atoms with Crippen molar-refractivity contribution < 1.29 is 28.6 Å². The molecule has 2 N–H and O–H groups in total. The van der Waals surface area contributed by atoms with Gasteiger partial charge < -0.3 is 29.7 Å². The van der Waals surface area contributed by atoms with Crippen LogP contribution in [-0.2, 0) is 20.9 Å². The minimum atomic E-state index is -0.427. The van der Waals surface area contributed by atoms with E-state index >= 15 is 0 Å². The molecule has 1 heterocycles. The van der Waals surface area contributed by atoms with Crippen molar-refractivity contribution in [3.05, 3.63) is 78.4 Å². The molecule has 3 aromatic rings.